The van der Waals surface area contributed by atoms with Crippen LogP contribution >= 0.6 is 0 Å². The lowest BCUT2D eigenvalue weighted by Crippen LogP contribution is -2.14. The Morgan fingerprint density at radius 1 is 1.24 bits per heavy atom. The van der Waals surface area contributed by atoms with E-state index in [1.165, 1.54) is 6.08 Å². The Balaban J connectivity index is 2.37. The maximum Gasteiger partial charge on any atom is 0.234 e. The van der Waals surface area contributed by atoms with E-state index in [9.17, 15) is 9.90 Å². The van der Waals surface area contributed by atoms with Crippen molar-refractivity contribution < 1.29 is 9.90 Å². The Hall–Kier alpha value is -2.98. The number of rotatable bonds is 5. The molecule has 0 saturated heterocycles. The van der Waals surface area contributed by atoms with Crippen LogP contribution in [-0.2, 0) is 16.6 Å². The first-order valence-electron chi connectivity index (χ1n) is 8.00. The molecule has 0 atom stereocenters. The number of aliphatic imine (C=N–C) groups is 1. The van der Waals surface area contributed by atoms with Gasteiger partial charge in [-0.15, -0.1) is 0 Å². The fraction of sp³-hybridized carbons (Fsp3) is 0.316. The summed E-state index contributed by atoms with van der Waals surface area (Å²) in [5.74, 6) is 0.126. The zero-order valence-electron chi connectivity index (χ0n) is 14.6. The molecule has 1 aromatic rings. The summed E-state index contributed by atoms with van der Waals surface area (Å²) in [4.78, 5) is 13.8. The first-order valence-corrected chi connectivity index (χ1v) is 8.00. The van der Waals surface area contributed by atoms with E-state index in [4.69, 9.17) is 5.41 Å². The van der Waals surface area contributed by atoms with Gasteiger partial charge in [0.25, 0.3) is 0 Å². The van der Waals surface area contributed by atoms with Crippen molar-refractivity contribution in [2.45, 2.75) is 32.6 Å². The van der Waals surface area contributed by atoms with Crippen LogP contribution in [0.3, 0.4) is 0 Å². The average Bonchev–Trinajstić information content (AvgIpc) is 2.55. The molecule has 6 heteroatoms. The number of nitrogens with one attached hydrogen (secondary N) is 2. The number of phenolic OH excluding ortho intramolecular Hbond substituents is 1. The maximum absolute atomic E-state index is 10.6. The summed E-state index contributed by atoms with van der Waals surface area (Å²) in [5.41, 5.74) is 5.53. The Morgan fingerprint density at radius 2 is 1.96 bits per heavy atom. The largest absolute Gasteiger partial charge is 0.505 e. The first-order chi connectivity index (χ1) is 11.8. The molecule has 2 rings (SSSR count). The molecule has 25 heavy (non-hydrogen) atoms. The van der Waals surface area contributed by atoms with Crippen LogP contribution in [-0.4, -0.2) is 29.2 Å². The lowest BCUT2D eigenvalue weighted by molar-refractivity contribution is 0.448. The fourth-order valence-corrected chi connectivity index (χ4v) is 2.42. The number of carbonyl (C=O) groups excluding carboxylic acids is 1. The highest BCUT2D eigenvalue weighted by atomic mass is 16.3. The minimum absolute atomic E-state index is 0.126. The lowest BCUT2D eigenvalue weighted by atomic mass is 9.84. The van der Waals surface area contributed by atoms with Crippen LogP contribution in [0.25, 0.3) is 0 Å². The summed E-state index contributed by atoms with van der Waals surface area (Å²) < 4.78 is 0. The summed E-state index contributed by atoms with van der Waals surface area (Å²) in [6, 6.07) is 3.69. The average molecular weight is 338 g/mol. The molecule has 0 amide bonds. The van der Waals surface area contributed by atoms with E-state index >= 15 is 0 Å². The number of allylic oxidation sites excluding steroid dienone is 4. The molecule has 0 saturated carbocycles. The van der Waals surface area contributed by atoms with Gasteiger partial charge in [0.2, 0.25) is 6.08 Å². The third-order valence-electron chi connectivity index (χ3n) is 3.76. The Labute approximate surface area is 147 Å². The van der Waals surface area contributed by atoms with Crippen molar-refractivity contribution in [2.24, 2.45) is 10.1 Å². The molecule has 130 valence electrons. The van der Waals surface area contributed by atoms with Crippen molar-refractivity contribution in [3.05, 3.63) is 47.6 Å². The van der Waals surface area contributed by atoms with Gasteiger partial charge in [0.1, 0.15) is 11.5 Å². The number of hydrazone groups is 1. The summed E-state index contributed by atoms with van der Waals surface area (Å²) in [5, 5.41) is 22.7. The van der Waals surface area contributed by atoms with Crippen LogP contribution in [0.4, 0.5) is 5.69 Å². The van der Waals surface area contributed by atoms with Gasteiger partial charge in [-0.2, -0.15) is 5.10 Å². The van der Waals surface area contributed by atoms with Crippen molar-refractivity contribution in [3.8, 4) is 5.75 Å². The van der Waals surface area contributed by atoms with Crippen molar-refractivity contribution in [2.75, 3.05) is 12.0 Å². The SMILES string of the molecule is CC(C)(C)c1cc(CCN=C=O)cc(N/N=C2/C=CC=CC2=N)c1O. The van der Waals surface area contributed by atoms with Gasteiger partial charge in [-0.05, 0) is 35.6 Å². The normalized spacial score (nSPS) is 15.3. The van der Waals surface area contributed by atoms with Crippen LogP contribution in [0.15, 0.2) is 46.5 Å². The van der Waals surface area contributed by atoms with Gasteiger partial charge in [-0.25, -0.2) is 9.79 Å². The number of nitrogens with zero attached hydrogens (tertiary/aromatic N) is 2. The topological polar surface area (TPSA) is 97.9 Å². The second kappa shape index (κ2) is 7.73. The molecule has 1 aromatic carbocycles. The van der Waals surface area contributed by atoms with E-state index in [0.717, 1.165) is 11.1 Å². The van der Waals surface area contributed by atoms with E-state index in [0.29, 0.717) is 30.1 Å². The molecule has 6 nitrogen and oxygen atoms in total. The summed E-state index contributed by atoms with van der Waals surface area (Å²) in [7, 11) is 0. The van der Waals surface area contributed by atoms with Gasteiger partial charge in [0.15, 0.2) is 0 Å². The summed E-state index contributed by atoms with van der Waals surface area (Å²) in [6.45, 7) is 6.37. The van der Waals surface area contributed by atoms with Crippen LogP contribution in [0, 0.1) is 5.41 Å². The maximum atomic E-state index is 10.6. The highest BCUT2D eigenvalue weighted by molar-refractivity contribution is 6.50. The molecule has 0 aliphatic heterocycles. The highest BCUT2D eigenvalue weighted by Crippen LogP contribution is 2.37. The number of phenols is 1. The van der Waals surface area contributed by atoms with Gasteiger partial charge < -0.3 is 5.11 Å². The predicted octanol–water partition coefficient (Wildman–Crippen LogP) is 3.48. The number of hydrogen-bond donors (Lipinski definition) is 3. The number of anilines is 1. The van der Waals surface area contributed by atoms with Crippen molar-refractivity contribution in [3.63, 3.8) is 0 Å². The smallest absolute Gasteiger partial charge is 0.234 e. The van der Waals surface area contributed by atoms with E-state index in [2.05, 4.69) is 15.5 Å². The molecule has 1 aliphatic carbocycles. The zero-order chi connectivity index (χ0) is 18.4. The number of benzene rings is 1. The fourth-order valence-electron chi connectivity index (χ4n) is 2.42. The highest BCUT2D eigenvalue weighted by Gasteiger charge is 2.21. The molecule has 0 heterocycles. The van der Waals surface area contributed by atoms with Gasteiger partial charge in [0, 0.05) is 5.56 Å². The minimum atomic E-state index is -0.266. The standard InChI is InChI=1S/C19H22N4O2/c1-19(2,3)14-10-13(8-9-21-12-24)11-17(18(14)25)23-22-16-7-5-4-6-15(16)20/h4-7,10-11,20,23,25H,8-9H2,1-3H3/b20-15?,22-16-. The summed E-state index contributed by atoms with van der Waals surface area (Å²) in [6.07, 6.45) is 9.03. The van der Waals surface area contributed by atoms with E-state index < -0.39 is 0 Å². The molecule has 0 fully saturated rings. The molecule has 0 aromatic heterocycles. The third kappa shape index (κ3) is 4.75. The lowest BCUT2D eigenvalue weighted by Gasteiger charge is -2.23. The van der Waals surface area contributed by atoms with Crippen LogP contribution in [0.5, 0.6) is 5.75 Å². The molecule has 0 spiro atoms. The molecular weight excluding hydrogens is 316 g/mol. The summed E-state index contributed by atoms with van der Waals surface area (Å²) >= 11 is 0. The zero-order valence-corrected chi connectivity index (χ0v) is 14.6. The molecule has 0 radical (unpaired) electrons. The quantitative estimate of drug-likeness (QED) is 0.252. The van der Waals surface area contributed by atoms with Crippen molar-refractivity contribution >= 4 is 23.2 Å². The van der Waals surface area contributed by atoms with Gasteiger partial charge in [-0.3, -0.25) is 10.8 Å². The van der Waals surface area contributed by atoms with Crippen LogP contribution < -0.4 is 5.43 Å². The van der Waals surface area contributed by atoms with E-state index in [1.54, 1.807) is 30.4 Å². The second-order valence-electron chi connectivity index (χ2n) is 6.75. The Bertz CT molecular complexity index is 807. The monoisotopic (exact) mass is 338 g/mol. The van der Waals surface area contributed by atoms with Crippen molar-refractivity contribution in [1.82, 2.24) is 0 Å². The number of isocyanates is 1. The van der Waals surface area contributed by atoms with Gasteiger partial charge in [0.05, 0.1) is 17.9 Å². The molecular formula is C19H22N4O2. The third-order valence-corrected chi connectivity index (χ3v) is 3.76. The van der Waals surface area contributed by atoms with Gasteiger partial charge >= 0.3 is 0 Å². The Kier molecular flexibility index (Phi) is 5.67. The number of hydrogen-bond acceptors (Lipinski definition) is 6. The van der Waals surface area contributed by atoms with E-state index in [1.807, 2.05) is 26.8 Å². The predicted molar refractivity (Wildman–Crippen MR) is 101 cm³/mol. The second-order valence-corrected chi connectivity index (χ2v) is 6.75. The minimum Gasteiger partial charge on any atom is -0.505 e. The number of aromatic hydroxyl groups is 1. The molecule has 1 aliphatic rings. The van der Waals surface area contributed by atoms with Gasteiger partial charge in [-0.1, -0.05) is 39.0 Å². The Morgan fingerprint density at radius 3 is 2.60 bits per heavy atom. The van der Waals surface area contributed by atoms with Crippen LogP contribution in [0.2, 0.25) is 0 Å². The molecule has 3 N–H and O–H groups in total. The van der Waals surface area contributed by atoms with Crippen molar-refractivity contribution in [1.29, 1.82) is 5.41 Å². The van der Waals surface area contributed by atoms with E-state index in [-0.39, 0.29) is 11.2 Å². The van der Waals surface area contributed by atoms with Crippen LogP contribution in [0.1, 0.15) is 31.9 Å². The first kappa shape index (κ1) is 18.4. The molecule has 0 bridgehead atoms. The molecule has 0 unspecified atom stereocenters.